The molecule has 2 rings (SSSR count). The Morgan fingerprint density at radius 2 is 1.92 bits per heavy atom. The van der Waals surface area contributed by atoms with Crippen molar-refractivity contribution in [2.24, 2.45) is 0 Å². The number of aliphatic hydroxyl groups is 1. The molecular formula is C19H31N3O2. The Hall–Kier alpha value is -1.43. The van der Waals surface area contributed by atoms with Crippen molar-refractivity contribution < 1.29 is 9.90 Å². The molecule has 1 saturated heterocycles. The van der Waals surface area contributed by atoms with Gasteiger partial charge in [0, 0.05) is 39.3 Å². The van der Waals surface area contributed by atoms with Crippen molar-refractivity contribution >= 4 is 5.91 Å². The number of hydrogen-bond donors (Lipinski definition) is 1. The first-order valence-electron chi connectivity index (χ1n) is 9.01. The van der Waals surface area contributed by atoms with Crippen molar-refractivity contribution in [1.29, 1.82) is 0 Å². The van der Waals surface area contributed by atoms with Gasteiger partial charge in [0.2, 0.25) is 5.91 Å². The SMILES string of the molecule is CCN(CCO)CC(=O)N1CCCN(Cc2ccc(C)cc2)CC1. The maximum atomic E-state index is 12.5. The van der Waals surface area contributed by atoms with Gasteiger partial charge in [-0.2, -0.15) is 0 Å². The van der Waals surface area contributed by atoms with Crippen LogP contribution in [0.1, 0.15) is 24.5 Å². The zero-order chi connectivity index (χ0) is 17.4. The van der Waals surface area contributed by atoms with Crippen LogP contribution in [-0.4, -0.2) is 78.1 Å². The van der Waals surface area contributed by atoms with Gasteiger partial charge in [-0.3, -0.25) is 14.6 Å². The minimum atomic E-state index is 0.103. The monoisotopic (exact) mass is 333 g/mol. The number of aliphatic hydroxyl groups excluding tert-OH is 1. The quantitative estimate of drug-likeness (QED) is 0.818. The molecule has 0 aromatic heterocycles. The van der Waals surface area contributed by atoms with E-state index in [0.29, 0.717) is 13.1 Å². The van der Waals surface area contributed by atoms with Crippen LogP contribution >= 0.6 is 0 Å². The van der Waals surface area contributed by atoms with Crippen LogP contribution in [0.15, 0.2) is 24.3 Å². The van der Waals surface area contributed by atoms with Gasteiger partial charge in [-0.1, -0.05) is 36.8 Å². The second kappa shape index (κ2) is 9.77. The molecule has 0 saturated carbocycles. The number of carbonyl (C=O) groups excluding carboxylic acids is 1. The molecule has 0 atom stereocenters. The van der Waals surface area contributed by atoms with Gasteiger partial charge in [0.05, 0.1) is 13.2 Å². The Kier molecular flexibility index (Phi) is 7.69. The number of likely N-dealkylation sites (N-methyl/N-ethyl adjacent to an activating group) is 1. The van der Waals surface area contributed by atoms with Crippen molar-refractivity contribution in [3.8, 4) is 0 Å². The molecule has 1 aromatic rings. The maximum absolute atomic E-state index is 12.5. The minimum absolute atomic E-state index is 0.103. The summed E-state index contributed by atoms with van der Waals surface area (Å²) < 4.78 is 0. The number of nitrogens with zero attached hydrogens (tertiary/aromatic N) is 3. The third kappa shape index (κ3) is 5.89. The van der Waals surface area contributed by atoms with E-state index < -0.39 is 0 Å². The standard InChI is InChI=1S/C19H31N3O2/c1-3-20(13-14-23)16-19(24)22-10-4-9-21(11-12-22)15-18-7-5-17(2)6-8-18/h5-8,23H,3-4,9-16H2,1-2H3. The van der Waals surface area contributed by atoms with Crippen molar-refractivity contribution in [3.63, 3.8) is 0 Å². The van der Waals surface area contributed by atoms with Gasteiger partial charge >= 0.3 is 0 Å². The zero-order valence-electron chi connectivity index (χ0n) is 15.1. The number of aryl methyl sites for hydroxylation is 1. The van der Waals surface area contributed by atoms with Crippen LogP contribution in [0.3, 0.4) is 0 Å². The number of amides is 1. The molecular weight excluding hydrogens is 302 g/mol. The smallest absolute Gasteiger partial charge is 0.236 e. The highest BCUT2D eigenvalue weighted by Crippen LogP contribution is 2.10. The van der Waals surface area contributed by atoms with E-state index in [-0.39, 0.29) is 12.5 Å². The van der Waals surface area contributed by atoms with Gasteiger partial charge < -0.3 is 10.0 Å². The van der Waals surface area contributed by atoms with Gasteiger partial charge in [-0.25, -0.2) is 0 Å². The van der Waals surface area contributed by atoms with E-state index in [0.717, 1.165) is 45.7 Å². The molecule has 1 aliphatic rings. The highest BCUT2D eigenvalue weighted by molar-refractivity contribution is 5.78. The Morgan fingerprint density at radius 3 is 2.58 bits per heavy atom. The van der Waals surface area contributed by atoms with Crippen molar-refractivity contribution in [2.75, 3.05) is 52.4 Å². The summed E-state index contributed by atoms with van der Waals surface area (Å²) in [5.74, 6) is 0.183. The Balaban J connectivity index is 1.83. The lowest BCUT2D eigenvalue weighted by Gasteiger charge is -2.25. The molecule has 0 radical (unpaired) electrons. The zero-order valence-corrected chi connectivity index (χ0v) is 15.1. The van der Waals surface area contributed by atoms with Crippen LogP contribution in [0.25, 0.3) is 0 Å². The molecule has 1 fully saturated rings. The van der Waals surface area contributed by atoms with E-state index >= 15 is 0 Å². The van der Waals surface area contributed by atoms with Gasteiger partial charge in [-0.05, 0) is 25.5 Å². The molecule has 1 amide bonds. The molecule has 1 heterocycles. The van der Waals surface area contributed by atoms with E-state index in [9.17, 15) is 4.79 Å². The van der Waals surface area contributed by atoms with Gasteiger partial charge in [0.15, 0.2) is 0 Å². The highest BCUT2D eigenvalue weighted by atomic mass is 16.3. The predicted molar refractivity (Wildman–Crippen MR) is 96.9 cm³/mol. The van der Waals surface area contributed by atoms with Crippen LogP contribution < -0.4 is 0 Å². The summed E-state index contributed by atoms with van der Waals surface area (Å²) in [7, 11) is 0. The second-order valence-corrected chi connectivity index (χ2v) is 6.59. The summed E-state index contributed by atoms with van der Waals surface area (Å²) in [5.41, 5.74) is 2.62. The Bertz CT molecular complexity index is 504. The lowest BCUT2D eigenvalue weighted by Crippen LogP contribution is -2.42. The summed E-state index contributed by atoms with van der Waals surface area (Å²) >= 11 is 0. The molecule has 0 bridgehead atoms. The third-order valence-electron chi connectivity index (χ3n) is 4.69. The second-order valence-electron chi connectivity index (χ2n) is 6.59. The normalized spacial score (nSPS) is 16.4. The third-order valence-corrected chi connectivity index (χ3v) is 4.69. The fourth-order valence-corrected chi connectivity index (χ4v) is 3.11. The van der Waals surface area contributed by atoms with E-state index in [1.54, 1.807) is 0 Å². The summed E-state index contributed by atoms with van der Waals surface area (Å²) in [6, 6.07) is 8.70. The van der Waals surface area contributed by atoms with Crippen LogP contribution in [0.5, 0.6) is 0 Å². The lowest BCUT2D eigenvalue weighted by molar-refractivity contribution is -0.132. The predicted octanol–water partition coefficient (Wildman–Crippen LogP) is 1.34. The topological polar surface area (TPSA) is 47.0 Å². The Morgan fingerprint density at radius 1 is 1.17 bits per heavy atom. The summed E-state index contributed by atoms with van der Waals surface area (Å²) in [4.78, 5) is 18.9. The van der Waals surface area contributed by atoms with E-state index in [2.05, 4.69) is 36.1 Å². The fraction of sp³-hybridized carbons (Fsp3) is 0.632. The summed E-state index contributed by atoms with van der Waals surface area (Å²) in [6.07, 6.45) is 1.02. The number of benzene rings is 1. The molecule has 1 aromatic carbocycles. The average molecular weight is 333 g/mol. The molecule has 1 aliphatic heterocycles. The van der Waals surface area contributed by atoms with Crippen LogP contribution in [0.4, 0.5) is 0 Å². The molecule has 134 valence electrons. The van der Waals surface area contributed by atoms with Gasteiger partial charge in [0.25, 0.3) is 0 Å². The van der Waals surface area contributed by atoms with Crippen molar-refractivity contribution in [1.82, 2.24) is 14.7 Å². The van der Waals surface area contributed by atoms with Crippen LogP contribution in [0, 0.1) is 6.92 Å². The number of hydrogen-bond acceptors (Lipinski definition) is 4. The van der Waals surface area contributed by atoms with E-state index in [1.807, 2.05) is 16.7 Å². The molecule has 1 N–H and O–H groups in total. The molecule has 0 spiro atoms. The average Bonchev–Trinajstić information content (AvgIpc) is 2.82. The summed E-state index contributed by atoms with van der Waals surface area (Å²) in [5, 5.41) is 9.05. The number of rotatable bonds is 7. The molecule has 0 aliphatic carbocycles. The van der Waals surface area contributed by atoms with E-state index in [1.165, 1.54) is 11.1 Å². The molecule has 0 unspecified atom stereocenters. The number of carbonyl (C=O) groups is 1. The minimum Gasteiger partial charge on any atom is -0.395 e. The first-order valence-corrected chi connectivity index (χ1v) is 9.01. The molecule has 5 heteroatoms. The largest absolute Gasteiger partial charge is 0.395 e. The van der Waals surface area contributed by atoms with Crippen LogP contribution in [-0.2, 0) is 11.3 Å². The molecule has 5 nitrogen and oxygen atoms in total. The Labute approximate surface area is 145 Å². The fourth-order valence-electron chi connectivity index (χ4n) is 3.11. The van der Waals surface area contributed by atoms with Gasteiger partial charge in [0.1, 0.15) is 0 Å². The van der Waals surface area contributed by atoms with Gasteiger partial charge in [-0.15, -0.1) is 0 Å². The summed E-state index contributed by atoms with van der Waals surface area (Å²) in [6.45, 7) is 10.5. The molecule has 24 heavy (non-hydrogen) atoms. The van der Waals surface area contributed by atoms with Crippen molar-refractivity contribution in [3.05, 3.63) is 35.4 Å². The maximum Gasteiger partial charge on any atom is 0.236 e. The first-order chi connectivity index (χ1) is 11.6. The van der Waals surface area contributed by atoms with Crippen molar-refractivity contribution in [2.45, 2.75) is 26.8 Å². The van der Waals surface area contributed by atoms with Crippen LogP contribution in [0.2, 0.25) is 0 Å². The highest BCUT2D eigenvalue weighted by Gasteiger charge is 2.20. The first kappa shape index (κ1) is 18.9. The lowest BCUT2D eigenvalue weighted by atomic mass is 10.1. The van der Waals surface area contributed by atoms with E-state index in [4.69, 9.17) is 5.11 Å².